The molecule has 1 rings (SSSR count). The lowest BCUT2D eigenvalue weighted by Gasteiger charge is -2.00. The Kier molecular flexibility index (Phi) is 5.29. The summed E-state index contributed by atoms with van der Waals surface area (Å²) >= 11 is 0. The fourth-order valence-electron chi connectivity index (χ4n) is 0.385. The van der Waals surface area contributed by atoms with E-state index in [1.54, 1.807) is 0 Å². The normalized spacial score (nSPS) is 10.5. The molecule has 0 aliphatic rings. The second kappa shape index (κ2) is 5.69. The van der Waals surface area contributed by atoms with Crippen molar-refractivity contribution in [2.24, 2.45) is 0 Å². The topological polar surface area (TPSA) is 57.6 Å². The van der Waals surface area contributed by atoms with Gasteiger partial charge in [0.05, 0.1) is 0 Å². The van der Waals surface area contributed by atoms with Crippen LogP contribution < -0.4 is 0 Å². The van der Waals surface area contributed by atoms with Gasteiger partial charge in [0.1, 0.15) is 0 Å². The molecule has 0 bridgehead atoms. The van der Waals surface area contributed by atoms with Crippen molar-refractivity contribution in [2.45, 2.75) is 0 Å². The Morgan fingerprint density at radius 1 is 0.923 bits per heavy atom. The van der Waals surface area contributed by atoms with Crippen LogP contribution in [0.3, 0.4) is 0 Å². The smallest absolute Gasteiger partial charge is 0.273 e. The minimum absolute atomic E-state index is 0.715. The van der Waals surface area contributed by atoms with Crippen LogP contribution in [0.1, 0.15) is 0 Å². The minimum Gasteiger partial charge on any atom is -0.273 e. The minimum atomic E-state index is -3.91. The molecule has 0 saturated heterocycles. The summed E-state index contributed by atoms with van der Waals surface area (Å²) in [5.74, 6) is 0. The first-order chi connectivity index (χ1) is 5.94. The van der Waals surface area contributed by atoms with Crippen LogP contribution in [0, 0.1) is 0 Å². The molecule has 0 radical (unpaired) electrons. The highest BCUT2D eigenvalue weighted by Gasteiger charge is 2.04. The van der Waals surface area contributed by atoms with Crippen molar-refractivity contribution in [3.05, 3.63) is 36.4 Å². The predicted octanol–water partition coefficient (Wildman–Crippen LogP) is 1.04. The Bertz CT molecular complexity index is 281. The molecule has 0 amide bonds. The van der Waals surface area contributed by atoms with Crippen molar-refractivity contribution in [3.8, 4) is 0 Å². The summed E-state index contributed by atoms with van der Waals surface area (Å²) < 4.78 is 28.3. The number of hydrogen-bond acceptors (Lipinski definition) is 2. The van der Waals surface area contributed by atoms with Crippen molar-refractivity contribution in [1.29, 1.82) is 0 Å². The molecule has 1 aromatic rings. The van der Waals surface area contributed by atoms with Crippen LogP contribution in [0.5, 0.6) is 0 Å². The van der Waals surface area contributed by atoms with E-state index in [2.05, 4.69) is 0 Å². The molecule has 0 aliphatic heterocycles. The lowest BCUT2D eigenvalue weighted by Crippen LogP contribution is -2.20. The van der Waals surface area contributed by atoms with Crippen LogP contribution in [0.2, 0.25) is 0 Å². The zero-order valence-corrected chi connectivity index (χ0v) is 8.40. The molecule has 0 aromatic heterocycles. The fourth-order valence-corrected chi connectivity index (χ4v) is 0.385. The molecular formula is C8H13NO3S. The van der Waals surface area contributed by atoms with Gasteiger partial charge in [-0.25, -0.2) is 0 Å². The highest BCUT2D eigenvalue weighted by Crippen LogP contribution is 1.82. The second-order valence-corrected chi connectivity index (χ2v) is 4.04. The zero-order valence-electron chi connectivity index (χ0n) is 7.58. The number of hydrogen-bond donors (Lipinski definition) is 1. The first-order valence-electron chi connectivity index (χ1n) is 3.59. The first-order valence-corrected chi connectivity index (χ1v) is 4.99. The number of nitrogens with zero attached hydrogens (tertiary/aromatic N) is 1. The van der Waals surface area contributed by atoms with Crippen molar-refractivity contribution in [3.63, 3.8) is 0 Å². The Morgan fingerprint density at radius 2 is 1.08 bits per heavy atom. The largest absolute Gasteiger partial charge is 0.335 e. The van der Waals surface area contributed by atoms with Crippen molar-refractivity contribution < 1.29 is 13.0 Å². The Labute approximate surface area is 78.7 Å². The highest BCUT2D eigenvalue weighted by molar-refractivity contribution is 7.83. The SMILES string of the molecule is CN(C)S(=O)(=O)O.c1ccccc1. The van der Waals surface area contributed by atoms with Gasteiger partial charge in [-0.05, 0) is 0 Å². The van der Waals surface area contributed by atoms with E-state index >= 15 is 0 Å². The van der Waals surface area contributed by atoms with E-state index in [1.807, 2.05) is 36.4 Å². The number of benzene rings is 1. The van der Waals surface area contributed by atoms with E-state index < -0.39 is 10.3 Å². The van der Waals surface area contributed by atoms with Gasteiger partial charge in [0, 0.05) is 14.1 Å². The van der Waals surface area contributed by atoms with E-state index in [9.17, 15) is 8.42 Å². The first kappa shape index (κ1) is 12.1. The van der Waals surface area contributed by atoms with Gasteiger partial charge in [0.25, 0.3) is 0 Å². The monoisotopic (exact) mass is 203 g/mol. The quantitative estimate of drug-likeness (QED) is 0.694. The van der Waals surface area contributed by atoms with Gasteiger partial charge in [-0.15, -0.1) is 0 Å². The molecule has 5 heteroatoms. The molecule has 4 nitrogen and oxygen atoms in total. The zero-order chi connectivity index (χ0) is 10.3. The Morgan fingerprint density at radius 3 is 1.15 bits per heavy atom. The van der Waals surface area contributed by atoms with Gasteiger partial charge < -0.3 is 0 Å². The third kappa shape index (κ3) is 7.45. The molecule has 0 saturated carbocycles. The van der Waals surface area contributed by atoms with Gasteiger partial charge in [-0.2, -0.15) is 12.7 Å². The van der Waals surface area contributed by atoms with Gasteiger partial charge >= 0.3 is 10.3 Å². The maximum atomic E-state index is 9.81. The summed E-state index contributed by atoms with van der Waals surface area (Å²) in [6.45, 7) is 0. The van der Waals surface area contributed by atoms with Gasteiger partial charge in [0.15, 0.2) is 0 Å². The molecule has 0 fully saturated rings. The third-order valence-electron chi connectivity index (χ3n) is 1.13. The molecule has 74 valence electrons. The lowest BCUT2D eigenvalue weighted by atomic mass is 10.4. The van der Waals surface area contributed by atoms with E-state index in [4.69, 9.17) is 4.55 Å². The Balaban J connectivity index is 0.000000223. The van der Waals surface area contributed by atoms with E-state index in [0.29, 0.717) is 4.31 Å². The van der Waals surface area contributed by atoms with Crippen LogP contribution in [0.15, 0.2) is 36.4 Å². The fraction of sp³-hybridized carbons (Fsp3) is 0.250. The maximum Gasteiger partial charge on any atom is 0.335 e. The van der Waals surface area contributed by atoms with Crippen LogP contribution in [0.4, 0.5) is 0 Å². The van der Waals surface area contributed by atoms with E-state index in [-0.39, 0.29) is 0 Å². The van der Waals surface area contributed by atoms with Crippen molar-refractivity contribution in [2.75, 3.05) is 14.1 Å². The third-order valence-corrected chi connectivity index (χ3v) is 2.05. The molecular weight excluding hydrogens is 190 g/mol. The highest BCUT2D eigenvalue weighted by atomic mass is 32.2. The molecule has 0 unspecified atom stereocenters. The second-order valence-electron chi connectivity index (χ2n) is 2.41. The van der Waals surface area contributed by atoms with Crippen molar-refractivity contribution in [1.82, 2.24) is 4.31 Å². The predicted molar refractivity (Wildman–Crippen MR) is 51.7 cm³/mol. The molecule has 0 spiro atoms. The lowest BCUT2D eigenvalue weighted by molar-refractivity contribution is 0.416. The van der Waals surface area contributed by atoms with Crippen molar-refractivity contribution >= 4 is 10.3 Å². The van der Waals surface area contributed by atoms with Gasteiger partial charge in [-0.3, -0.25) is 4.55 Å². The van der Waals surface area contributed by atoms with Gasteiger partial charge in [0.2, 0.25) is 0 Å². The summed E-state index contributed by atoms with van der Waals surface area (Å²) in [5, 5.41) is 0. The molecule has 0 heterocycles. The maximum absolute atomic E-state index is 9.81. The molecule has 13 heavy (non-hydrogen) atoms. The number of rotatable bonds is 1. The average molecular weight is 203 g/mol. The molecule has 0 atom stereocenters. The summed E-state index contributed by atoms with van der Waals surface area (Å²) in [5.41, 5.74) is 0. The standard InChI is InChI=1S/C6H6.C2H7NO3S/c1-2-4-6-5-3-1;1-3(2)7(4,5)6/h1-6H;1-2H3,(H,4,5,6). The van der Waals surface area contributed by atoms with Crippen LogP contribution in [-0.4, -0.2) is 31.4 Å². The summed E-state index contributed by atoms with van der Waals surface area (Å²) in [7, 11) is -1.42. The van der Waals surface area contributed by atoms with Crippen LogP contribution in [-0.2, 0) is 10.3 Å². The van der Waals surface area contributed by atoms with Gasteiger partial charge in [-0.1, -0.05) is 36.4 Å². The summed E-state index contributed by atoms with van der Waals surface area (Å²) in [6, 6.07) is 12.0. The molecule has 1 N–H and O–H groups in total. The summed E-state index contributed by atoms with van der Waals surface area (Å²) in [4.78, 5) is 0. The molecule has 1 aromatic carbocycles. The molecule has 0 aliphatic carbocycles. The van der Waals surface area contributed by atoms with E-state index in [1.165, 1.54) is 14.1 Å². The Hall–Kier alpha value is -0.910. The average Bonchev–Trinajstić information content (AvgIpc) is 2.07. The van der Waals surface area contributed by atoms with E-state index in [0.717, 1.165) is 0 Å². The van der Waals surface area contributed by atoms with Crippen LogP contribution in [0.25, 0.3) is 0 Å². The summed E-state index contributed by atoms with van der Waals surface area (Å²) in [6.07, 6.45) is 0. The van der Waals surface area contributed by atoms with Crippen LogP contribution >= 0.6 is 0 Å².